The van der Waals surface area contributed by atoms with Crippen molar-refractivity contribution in [1.29, 1.82) is 5.26 Å². The van der Waals surface area contributed by atoms with Gasteiger partial charge in [-0.25, -0.2) is 0 Å². The van der Waals surface area contributed by atoms with E-state index in [9.17, 15) is 4.79 Å². The largest absolute Gasteiger partial charge is 0.461 e. The Morgan fingerprint density at radius 3 is 2.94 bits per heavy atom. The van der Waals surface area contributed by atoms with Crippen LogP contribution in [0.15, 0.2) is 24.3 Å². The maximum absolute atomic E-state index is 11.4. The molecular weight excluding hydrogens is 202 g/mol. The zero-order valence-electron chi connectivity index (χ0n) is 9.56. The minimum Gasteiger partial charge on any atom is -0.461 e. The third-order valence-electron chi connectivity index (χ3n) is 2.26. The van der Waals surface area contributed by atoms with Gasteiger partial charge in [0, 0.05) is 6.42 Å². The molecule has 3 heteroatoms. The predicted molar refractivity (Wildman–Crippen MR) is 60.4 cm³/mol. The lowest BCUT2D eigenvalue weighted by molar-refractivity contribution is -0.149. The van der Waals surface area contributed by atoms with Crippen molar-refractivity contribution < 1.29 is 9.53 Å². The summed E-state index contributed by atoms with van der Waals surface area (Å²) in [6.45, 7) is 3.96. The number of hydrogen-bond donors (Lipinski definition) is 0. The van der Waals surface area contributed by atoms with E-state index in [1.165, 1.54) is 0 Å². The Morgan fingerprint density at radius 2 is 2.31 bits per heavy atom. The van der Waals surface area contributed by atoms with Gasteiger partial charge in [-0.2, -0.15) is 5.26 Å². The topological polar surface area (TPSA) is 50.1 Å². The Balaban J connectivity index is 2.46. The van der Waals surface area contributed by atoms with Crippen LogP contribution in [0.3, 0.4) is 0 Å². The number of carbonyl (C=O) groups is 1. The molecule has 1 unspecified atom stereocenters. The number of hydrogen-bond acceptors (Lipinski definition) is 3. The van der Waals surface area contributed by atoms with Gasteiger partial charge in [0.2, 0.25) is 0 Å². The lowest BCUT2D eigenvalue weighted by Gasteiger charge is -2.08. The molecular formula is C13H15NO2. The van der Waals surface area contributed by atoms with Gasteiger partial charge in [-0.1, -0.05) is 36.8 Å². The molecule has 0 heterocycles. The van der Waals surface area contributed by atoms with E-state index in [0.717, 1.165) is 11.1 Å². The Labute approximate surface area is 95.7 Å². The van der Waals surface area contributed by atoms with Gasteiger partial charge in [-0.3, -0.25) is 4.79 Å². The molecule has 1 aromatic rings. The fraction of sp³-hybridized carbons (Fsp3) is 0.385. The minimum atomic E-state index is -0.352. The van der Waals surface area contributed by atoms with Crippen LogP contribution in [0.4, 0.5) is 0 Å². The maximum atomic E-state index is 11.4. The molecule has 1 rings (SSSR count). The Bertz CT molecular complexity index is 407. The highest BCUT2D eigenvalue weighted by atomic mass is 16.5. The van der Waals surface area contributed by atoms with Crippen molar-refractivity contribution in [3.05, 3.63) is 35.4 Å². The molecule has 0 aromatic heterocycles. The maximum Gasteiger partial charge on any atom is 0.310 e. The summed E-state index contributed by atoms with van der Waals surface area (Å²) >= 11 is 0. The smallest absolute Gasteiger partial charge is 0.310 e. The van der Waals surface area contributed by atoms with E-state index in [1.807, 2.05) is 37.3 Å². The molecule has 0 radical (unpaired) electrons. The molecule has 3 nitrogen and oxygen atoms in total. The molecule has 84 valence electrons. The molecule has 0 fully saturated rings. The van der Waals surface area contributed by atoms with Gasteiger partial charge in [0.05, 0.1) is 12.0 Å². The lowest BCUT2D eigenvalue weighted by Crippen LogP contribution is -2.14. The minimum absolute atomic E-state index is 0.201. The molecule has 1 atom stereocenters. The summed E-state index contributed by atoms with van der Waals surface area (Å²) in [4.78, 5) is 11.4. The van der Waals surface area contributed by atoms with Crippen molar-refractivity contribution in [3.8, 4) is 6.07 Å². The molecule has 0 amide bonds. The van der Waals surface area contributed by atoms with Crippen molar-refractivity contribution in [2.24, 2.45) is 5.92 Å². The number of benzene rings is 1. The first-order valence-electron chi connectivity index (χ1n) is 5.22. The molecule has 0 N–H and O–H groups in total. The summed E-state index contributed by atoms with van der Waals surface area (Å²) in [6.07, 6.45) is 0.201. The van der Waals surface area contributed by atoms with Crippen LogP contribution in [-0.4, -0.2) is 5.97 Å². The number of ether oxygens (including phenoxy) is 1. The van der Waals surface area contributed by atoms with E-state index >= 15 is 0 Å². The van der Waals surface area contributed by atoms with E-state index in [-0.39, 0.29) is 24.9 Å². The number of esters is 1. The summed E-state index contributed by atoms with van der Waals surface area (Å²) in [5.41, 5.74) is 2.11. The van der Waals surface area contributed by atoms with Gasteiger partial charge >= 0.3 is 5.97 Å². The molecule has 0 aliphatic rings. The molecule has 0 saturated carbocycles. The first-order chi connectivity index (χ1) is 7.63. The number of aryl methyl sites for hydroxylation is 1. The summed E-state index contributed by atoms with van der Waals surface area (Å²) in [5, 5.41) is 8.45. The molecule has 0 bridgehead atoms. The number of rotatable bonds is 4. The average Bonchev–Trinajstić information content (AvgIpc) is 2.26. The van der Waals surface area contributed by atoms with Crippen LogP contribution in [0.25, 0.3) is 0 Å². The molecule has 0 aliphatic carbocycles. The highest BCUT2D eigenvalue weighted by molar-refractivity contribution is 5.72. The Kier molecular flexibility index (Phi) is 4.53. The summed E-state index contributed by atoms with van der Waals surface area (Å²) in [7, 11) is 0. The average molecular weight is 217 g/mol. The number of carbonyl (C=O) groups excluding carboxylic acids is 1. The van der Waals surface area contributed by atoms with Crippen molar-refractivity contribution >= 4 is 5.97 Å². The SMILES string of the molecule is Cc1cccc(COC(=O)C(C)CC#N)c1. The monoisotopic (exact) mass is 217 g/mol. The first-order valence-corrected chi connectivity index (χ1v) is 5.22. The zero-order valence-corrected chi connectivity index (χ0v) is 9.56. The fourth-order valence-corrected chi connectivity index (χ4v) is 1.32. The summed E-state index contributed by atoms with van der Waals surface area (Å²) < 4.78 is 5.11. The second-order valence-corrected chi connectivity index (χ2v) is 3.86. The first kappa shape index (κ1) is 12.3. The second kappa shape index (κ2) is 5.92. The Hall–Kier alpha value is -1.82. The highest BCUT2D eigenvalue weighted by Gasteiger charge is 2.13. The second-order valence-electron chi connectivity index (χ2n) is 3.86. The van der Waals surface area contributed by atoms with Gasteiger partial charge < -0.3 is 4.74 Å². The van der Waals surface area contributed by atoms with Crippen molar-refractivity contribution in [2.75, 3.05) is 0 Å². The molecule has 1 aromatic carbocycles. The van der Waals surface area contributed by atoms with Crippen LogP contribution in [0.1, 0.15) is 24.5 Å². The van der Waals surface area contributed by atoms with Crippen LogP contribution in [0, 0.1) is 24.2 Å². The lowest BCUT2D eigenvalue weighted by atomic mass is 10.1. The van der Waals surface area contributed by atoms with Crippen LogP contribution >= 0.6 is 0 Å². The number of nitrogens with zero attached hydrogens (tertiary/aromatic N) is 1. The van der Waals surface area contributed by atoms with Crippen LogP contribution in [0.5, 0.6) is 0 Å². The van der Waals surface area contributed by atoms with E-state index in [2.05, 4.69) is 0 Å². The van der Waals surface area contributed by atoms with Crippen molar-refractivity contribution in [3.63, 3.8) is 0 Å². The molecule has 0 saturated heterocycles. The third-order valence-corrected chi connectivity index (χ3v) is 2.26. The van der Waals surface area contributed by atoms with Crippen LogP contribution < -0.4 is 0 Å². The van der Waals surface area contributed by atoms with Gasteiger partial charge in [0.15, 0.2) is 0 Å². The normalized spacial score (nSPS) is 11.6. The van der Waals surface area contributed by atoms with E-state index in [0.29, 0.717) is 0 Å². The van der Waals surface area contributed by atoms with E-state index in [1.54, 1.807) is 6.92 Å². The standard InChI is InChI=1S/C13H15NO2/c1-10-4-3-5-12(8-10)9-16-13(15)11(2)6-7-14/h3-5,8,11H,6,9H2,1-2H3. The quantitative estimate of drug-likeness (QED) is 0.728. The van der Waals surface area contributed by atoms with Crippen LogP contribution in [-0.2, 0) is 16.1 Å². The van der Waals surface area contributed by atoms with Crippen molar-refractivity contribution in [2.45, 2.75) is 26.9 Å². The van der Waals surface area contributed by atoms with Gasteiger partial charge in [-0.15, -0.1) is 0 Å². The van der Waals surface area contributed by atoms with E-state index in [4.69, 9.17) is 10.00 Å². The van der Waals surface area contributed by atoms with Crippen LogP contribution in [0.2, 0.25) is 0 Å². The van der Waals surface area contributed by atoms with Gasteiger partial charge in [0.25, 0.3) is 0 Å². The summed E-state index contributed by atoms with van der Waals surface area (Å²) in [5.74, 6) is -0.669. The van der Waals surface area contributed by atoms with Gasteiger partial charge in [0.1, 0.15) is 6.61 Å². The van der Waals surface area contributed by atoms with Gasteiger partial charge in [-0.05, 0) is 12.5 Å². The summed E-state index contributed by atoms with van der Waals surface area (Å²) in [6, 6.07) is 9.76. The van der Waals surface area contributed by atoms with E-state index < -0.39 is 0 Å². The zero-order chi connectivity index (χ0) is 12.0. The highest BCUT2D eigenvalue weighted by Crippen LogP contribution is 2.08. The number of nitriles is 1. The fourth-order valence-electron chi connectivity index (χ4n) is 1.32. The molecule has 0 spiro atoms. The molecule has 0 aliphatic heterocycles. The predicted octanol–water partition coefficient (Wildman–Crippen LogP) is 2.59. The molecule has 16 heavy (non-hydrogen) atoms. The Morgan fingerprint density at radius 1 is 1.56 bits per heavy atom. The third kappa shape index (κ3) is 3.74. The van der Waals surface area contributed by atoms with Crippen molar-refractivity contribution in [1.82, 2.24) is 0 Å².